The summed E-state index contributed by atoms with van der Waals surface area (Å²) in [5.41, 5.74) is -0.746. The summed E-state index contributed by atoms with van der Waals surface area (Å²) >= 11 is 0. The second-order valence-electron chi connectivity index (χ2n) is 5.90. The highest BCUT2D eigenvalue weighted by molar-refractivity contribution is 6.74. The van der Waals surface area contributed by atoms with Crippen LogP contribution in [0.4, 0.5) is 8.78 Å². The first-order valence-corrected chi connectivity index (χ1v) is 8.78. The van der Waals surface area contributed by atoms with Gasteiger partial charge in [-0.3, -0.25) is 0 Å². The summed E-state index contributed by atoms with van der Waals surface area (Å²) in [5.74, 6) is -4.23. The van der Waals surface area contributed by atoms with Gasteiger partial charge in [-0.1, -0.05) is 20.8 Å². The summed E-state index contributed by atoms with van der Waals surface area (Å²) in [6, 6.07) is 2.05. The van der Waals surface area contributed by atoms with Crippen LogP contribution < -0.4 is 4.43 Å². The number of benzene rings is 1. The van der Waals surface area contributed by atoms with Crippen molar-refractivity contribution in [2.45, 2.75) is 38.9 Å². The SMILES string of the molecule is CC(C)(C)[Si](C)(C)Oc1ccc(F)c(F)c1C(=O)O. The fourth-order valence-corrected chi connectivity index (χ4v) is 2.27. The van der Waals surface area contributed by atoms with Gasteiger partial charge < -0.3 is 9.53 Å². The summed E-state index contributed by atoms with van der Waals surface area (Å²) in [7, 11) is -2.32. The molecule has 0 amide bonds. The molecule has 0 aromatic heterocycles. The Hall–Kier alpha value is -1.43. The molecular formula is C13H18F2O3Si. The van der Waals surface area contributed by atoms with Crippen molar-refractivity contribution in [1.82, 2.24) is 0 Å². The van der Waals surface area contributed by atoms with Crippen molar-refractivity contribution in [3.8, 4) is 5.75 Å². The standard InChI is InChI=1S/C13H18F2O3Si/c1-13(2,3)19(4,5)18-9-7-6-8(14)11(15)10(9)12(16)17/h6-7H,1-5H3,(H,16,17). The number of halogens is 2. The van der Waals surface area contributed by atoms with Crippen molar-refractivity contribution in [1.29, 1.82) is 0 Å². The second kappa shape index (κ2) is 4.92. The second-order valence-corrected chi connectivity index (χ2v) is 10.6. The van der Waals surface area contributed by atoms with Crippen LogP contribution in [0.2, 0.25) is 18.1 Å². The Morgan fingerprint density at radius 1 is 1.26 bits per heavy atom. The Kier molecular flexibility index (Phi) is 4.05. The molecule has 1 aromatic rings. The van der Waals surface area contributed by atoms with Crippen LogP contribution in [0.15, 0.2) is 12.1 Å². The van der Waals surface area contributed by atoms with Crippen molar-refractivity contribution >= 4 is 14.3 Å². The number of carboxylic acids is 1. The minimum absolute atomic E-state index is 0.113. The first kappa shape index (κ1) is 15.6. The number of aromatic carboxylic acids is 1. The zero-order valence-corrected chi connectivity index (χ0v) is 12.7. The van der Waals surface area contributed by atoms with Gasteiger partial charge in [-0.2, -0.15) is 0 Å². The van der Waals surface area contributed by atoms with E-state index in [0.717, 1.165) is 6.07 Å². The molecule has 19 heavy (non-hydrogen) atoms. The Morgan fingerprint density at radius 2 is 1.79 bits per heavy atom. The molecule has 0 saturated heterocycles. The molecule has 1 rings (SSSR count). The van der Waals surface area contributed by atoms with Crippen molar-refractivity contribution < 1.29 is 23.1 Å². The summed E-state index contributed by atoms with van der Waals surface area (Å²) in [5, 5.41) is 8.83. The van der Waals surface area contributed by atoms with Crippen LogP contribution >= 0.6 is 0 Å². The Bertz CT molecular complexity index is 507. The summed E-state index contributed by atoms with van der Waals surface area (Å²) in [6.45, 7) is 9.72. The lowest BCUT2D eigenvalue weighted by molar-refractivity contribution is 0.0688. The monoisotopic (exact) mass is 288 g/mol. The fourth-order valence-electron chi connectivity index (χ4n) is 1.25. The number of rotatable bonds is 3. The zero-order chi connectivity index (χ0) is 15.0. The van der Waals surface area contributed by atoms with Crippen molar-refractivity contribution in [3.63, 3.8) is 0 Å². The van der Waals surface area contributed by atoms with E-state index in [4.69, 9.17) is 9.53 Å². The number of hydrogen-bond acceptors (Lipinski definition) is 2. The molecule has 0 aliphatic rings. The highest BCUT2D eigenvalue weighted by atomic mass is 28.4. The van der Waals surface area contributed by atoms with Crippen molar-refractivity contribution in [3.05, 3.63) is 29.3 Å². The third-order valence-electron chi connectivity index (χ3n) is 3.44. The minimum atomic E-state index is -2.32. The minimum Gasteiger partial charge on any atom is -0.543 e. The number of hydrogen-bond donors (Lipinski definition) is 1. The highest BCUT2D eigenvalue weighted by Gasteiger charge is 2.40. The Balaban J connectivity index is 3.30. The van der Waals surface area contributed by atoms with Gasteiger partial charge >= 0.3 is 5.97 Å². The lowest BCUT2D eigenvalue weighted by Gasteiger charge is -2.36. The van der Waals surface area contributed by atoms with Gasteiger partial charge in [0.1, 0.15) is 11.3 Å². The van der Waals surface area contributed by atoms with Gasteiger partial charge in [-0.15, -0.1) is 0 Å². The van der Waals surface area contributed by atoms with Gasteiger partial charge in [0.05, 0.1) is 0 Å². The highest BCUT2D eigenvalue weighted by Crippen LogP contribution is 2.38. The maximum atomic E-state index is 13.6. The molecule has 0 aliphatic heterocycles. The van der Waals surface area contributed by atoms with Crippen LogP contribution in [0.3, 0.4) is 0 Å². The maximum absolute atomic E-state index is 13.6. The van der Waals surface area contributed by atoms with Gasteiger partial charge in [0, 0.05) is 0 Å². The fraction of sp³-hybridized carbons (Fsp3) is 0.462. The molecule has 0 heterocycles. The molecule has 0 atom stereocenters. The lowest BCUT2D eigenvalue weighted by Crippen LogP contribution is -2.44. The molecule has 3 nitrogen and oxygen atoms in total. The van der Waals surface area contributed by atoms with E-state index >= 15 is 0 Å². The van der Waals surface area contributed by atoms with Gasteiger partial charge in [0.2, 0.25) is 0 Å². The van der Waals surface area contributed by atoms with E-state index in [1.807, 2.05) is 33.9 Å². The molecule has 0 fully saturated rings. The molecule has 0 radical (unpaired) electrons. The predicted octanol–water partition coefficient (Wildman–Crippen LogP) is 4.05. The Morgan fingerprint density at radius 3 is 2.21 bits per heavy atom. The van der Waals surface area contributed by atoms with Crippen molar-refractivity contribution in [2.24, 2.45) is 0 Å². The van der Waals surface area contributed by atoms with Crippen LogP contribution in [0, 0.1) is 11.6 Å². The van der Waals surface area contributed by atoms with Gasteiger partial charge in [0.25, 0.3) is 8.32 Å². The normalized spacial score (nSPS) is 12.4. The van der Waals surface area contributed by atoms with E-state index in [-0.39, 0.29) is 10.8 Å². The molecule has 1 aromatic carbocycles. The van der Waals surface area contributed by atoms with Crippen LogP contribution in [0.1, 0.15) is 31.1 Å². The van der Waals surface area contributed by atoms with E-state index in [1.165, 1.54) is 6.07 Å². The summed E-state index contributed by atoms with van der Waals surface area (Å²) < 4.78 is 32.4. The molecule has 0 aliphatic carbocycles. The largest absolute Gasteiger partial charge is 0.543 e. The topological polar surface area (TPSA) is 46.5 Å². The average Bonchev–Trinajstić information content (AvgIpc) is 2.21. The first-order valence-electron chi connectivity index (χ1n) is 5.87. The lowest BCUT2D eigenvalue weighted by atomic mass is 10.2. The van der Waals surface area contributed by atoms with Gasteiger partial charge in [-0.05, 0) is 30.3 Å². The van der Waals surface area contributed by atoms with Gasteiger partial charge in [0.15, 0.2) is 11.6 Å². The van der Waals surface area contributed by atoms with E-state index in [0.29, 0.717) is 0 Å². The van der Waals surface area contributed by atoms with Crippen LogP contribution in [-0.4, -0.2) is 19.4 Å². The van der Waals surface area contributed by atoms with E-state index in [2.05, 4.69) is 0 Å². The molecule has 6 heteroatoms. The molecule has 0 bridgehead atoms. The van der Waals surface area contributed by atoms with Crippen LogP contribution in [0.25, 0.3) is 0 Å². The van der Waals surface area contributed by atoms with Crippen molar-refractivity contribution in [2.75, 3.05) is 0 Å². The first-order chi connectivity index (χ1) is 8.47. The van der Waals surface area contributed by atoms with Crippen LogP contribution in [-0.2, 0) is 0 Å². The third-order valence-corrected chi connectivity index (χ3v) is 7.78. The van der Waals surface area contributed by atoms with E-state index < -0.39 is 31.5 Å². The summed E-state index contributed by atoms with van der Waals surface area (Å²) in [6.07, 6.45) is 0. The number of carboxylic acid groups (broad SMARTS) is 1. The molecule has 0 spiro atoms. The number of carbonyl (C=O) groups is 1. The van der Waals surface area contributed by atoms with E-state index in [9.17, 15) is 13.6 Å². The van der Waals surface area contributed by atoms with Gasteiger partial charge in [-0.25, -0.2) is 13.6 Å². The molecule has 0 saturated carbocycles. The molecule has 0 unspecified atom stereocenters. The van der Waals surface area contributed by atoms with E-state index in [1.54, 1.807) is 0 Å². The predicted molar refractivity (Wildman–Crippen MR) is 71.1 cm³/mol. The zero-order valence-electron chi connectivity index (χ0n) is 11.7. The third kappa shape index (κ3) is 3.12. The smallest absolute Gasteiger partial charge is 0.342 e. The maximum Gasteiger partial charge on any atom is 0.342 e. The Labute approximate surface area is 112 Å². The molecular weight excluding hydrogens is 270 g/mol. The summed E-state index contributed by atoms with van der Waals surface area (Å²) in [4.78, 5) is 11.1. The molecule has 1 N–H and O–H groups in total. The molecule has 106 valence electrons. The van der Waals surface area contributed by atoms with Crippen LogP contribution in [0.5, 0.6) is 5.75 Å². The average molecular weight is 288 g/mol. The quantitative estimate of drug-likeness (QED) is 0.854.